The number of esters is 1. The Morgan fingerprint density at radius 1 is 1.17 bits per heavy atom. The highest BCUT2D eigenvalue weighted by atomic mass is 16.5. The maximum Gasteiger partial charge on any atom is 0.309 e. The zero-order chi connectivity index (χ0) is 17.4. The Balaban J connectivity index is 1.84. The molecule has 24 heavy (non-hydrogen) atoms. The number of likely N-dealkylation sites (tertiary alicyclic amines) is 2. The highest BCUT2D eigenvalue weighted by Gasteiger charge is 2.27. The predicted molar refractivity (Wildman–Crippen MR) is 97.1 cm³/mol. The minimum Gasteiger partial charge on any atom is -0.466 e. The van der Waals surface area contributed by atoms with Crippen molar-refractivity contribution in [2.24, 2.45) is 16.8 Å². The van der Waals surface area contributed by atoms with Gasteiger partial charge in [0.25, 0.3) is 0 Å². The maximum atomic E-state index is 11.9. The Labute approximate surface area is 146 Å². The van der Waals surface area contributed by atoms with Crippen LogP contribution in [0.1, 0.15) is 40.0 Å². The summed E-state index contributed by atoms with van der Waals surface area (Å²) in [6, 6.07) is 0. The molecule has 2 saturated heterocycles. The monoisotopic (exact) mass is 338 g/mol. The number of hydrogen-bond donors (Lipinski definition) is 1. The number of nitrogens with zero attached hydrogens (tertiary/aromatic N) is 3. The first-order valence-electron chi connectivity index (χ1n) is 9.60. The van der Waals surface area contributed by atoms with E-state index in [-0.39, 0.29) is 11.9 Å². The molecule has 2 fully saturated rings. The van der Waals surface area contributed by atoms with Crippen LogP contribution in [0, 0.1) is 11.8 Å². The number of aliphatic imine (C=N–C) groups is 1. The number of rotatable bonds is 6. The lowest BCUT2D eigenvalue weighted by Crippen LogP contribution is -2.47. The van der Waals surface area contributed by atoms with Crippen molar-refractivity contribution in [3.8, 4) is 0 Å². The quantitative estimate of drug-likeness (QED) is 0.453. The highest BCUT2D eigenvalue weighted by Crippen LogP contribution is 2.20. The number of nitrogens with one attached hydrogen (secondary N) is 1. The molecule has 2 heterocycles. The molecule has 138 valence electrons. The van der Waals surface area contributed by atoms with Crippen LogP contribution in [0.3, 0.4) is 0 Å². The third kappa shape index (κ3) is 5.36. The molecule has 1 atom stereocenters. The fraction of sp³-hybridized carbons (Fsp3) is 0.889. The summed E-state index contributed by atoms with van der Waals surface area (Å²) < 4.78 is 5.15. The van der Waals surface area contributed by atoms with Crippen LogP contribution in [0.25, 0.3) is 0 Å². The summed E-state index contributed by atoms with van der Waals surface area (Å²) >= 11 is 0. The molecule has 0 aromatic carbocycles. The standard InChI is InChI=1S/C18H34N4O2/c1-4-19-18(20-13-15-7-10-21(5-2)14-15)22-11-8-16(9-12-22)17(23)24-6-3/h15-16H,4-14H2,1-3H3,(H,19,20). The van der Waals surface area contributed by atoms with Gasteiger partial charge in [-0.2, -0.15) is 0 Å². The summed E-state index contributed by atoms with van der Waals surface area (Å²) in [5.41, 5.74) is 0. The lowest BCUT2D eigenvalue weighted by atomic mass is 9.97. The molecule has 6 nitrogen and oxygen atoms in total. The maximum absolute atomic E-state index is 11.9. The van der Waals surface area contributed by atoms with E-state index < -0.39 is 0 Å². The topological polar surface area (TPSA) is 57.2 Å². The molecule has 2 aliphatic heterocycles. The van der Waals surface area contributed by atoms with Crippen LogP contribution in [0.5, 0.6) is 0 Å². The smallest absolute Gasteiger partial charge is 0.309 e. The summed E-state index contributed by atoms with van der Waals surface area (Å²) in [5, 5.41) is 3.42. The van der Waals surface area contributed by atoms with E-state index in [0.29, 0.717) is 12.5 Å². The molecule has 0 bridgehead atoms. The molecule has 0 spiro atoms. The van der Waals surface area contributed by atoms with E-state index in [1.54, 1.807) is 0 Å². The van der Waals surface area contributed by atoms with Gasteiger partial charge in [-0.05, 0) is 52.1 Å². The van der Waals surface area contributed by atoms with Gasteiger partial charge in [0.05, 0.1) is 12.5 Å². The molecule has 0 radical (unpaired) electrons. The molecular formula is C18H34N4O2. The van der Waals surface area contributed by atoms with Gasteiger partial charge in [0.1, 0.15) is 0 Å². The van der Waals surface area contributed by atoms with Gasteiger partial charge in [-0.15, -0.1) is 0 Å². The van der Waals surface area contributed by atoms with Crippen molar-refractivity contribution in [1.29, 1.82) is 0 Å². The zero-order valence-electron chi connectivity index (χ0n) is 15.6. The molecule has 0 aliphatic carbocycles. The van der Waals surface area contributed by atoms with Crippen LogP contribution >= 0.6 is 0 Å². The third-order valence-corrected chi connectivity index (χ3v) is 5.07. The van der Waals surface area contributed by atoms with Gasteiger partial charge in [0.2, 0.25) is 0 Å². The van der Waals surface area contributed by atoms with E-state index >= 15 is 0 Å². The largest absolute Gasteiger partial charge is 0.466 e. The van der Waals surface area contributed by atoms with Crippen molar-refractivity contribution in [2.45, 2.75) is 40.0 Å². The first-order chi connectivity index (χ1) is 11.7. The average molecular weight is 338 g/mol. The number of piperidine rings is 1. The molecular weight excluding hydrogens is 304 g/mol. The van der Waals surface area contributed by atoms with Crippen LogP contribution in [-0.2, 0) is 9.53 Å². The highest BCUT2D eigenvalue weighted by molar-refractivity contribution is 5.80. The third-order valence-electron chi connectivity index (χ3n) is 5.07. The van der Waals surface area contributed by atoms with Gasteiger partial charge in [0, 0.05) is 32.7 Å². The van der Waals surface area contributed by atoms with Crippen LogP contribution in [0.15, 0.2) is 4.99 Å². The van der Waals surface area contributed by atoms with Crippen LogP contribution in [-0.4, -0.2) is 74.1 Å². The molecule has 1 N–H and O–H groups in total. The lowest BCUT2D eigenvalue weighted by Gasteiger charge is -2.33. The minimum absolute atomic E-state index is 0.0373. The van der Waals surface area contributed by atoms with E-state index in [1.807, 2.05) is 6.92 Å². The van der Waals surface area contributed by atoms with Gasteiger partial charge in [0.15, 0.2) is 5.96 Å². The van der Waals surface area contributed by atoms with Crippen LogP contribution in [0.2, 0.25) is 0 Å². The Kier molecular flexibility index (Phi) is 7.82. The van der Waals surface area contributed by atoms with Gasteiger partial charge in [-0.1, -0.05) is 6.92 Å². The van der Waals surface area contributed by atoms with Crippen molar-refractivity contribution in [1.82, 2.24) is 15.1 Å². The second kappa shape index (κ2) is 9.87. The molecule has 2 rings (SSSR count). The normalized spacial score (nSPS) is 23.5. The number of carbonyl (C=O) groups is 1. The van der Waals surface area contributed by atoms with E-state index in [1.165, 1.54) is 19.5 Å². The Hall–Kier alpha value is -1.30. The van der Waals surface area contributed by atoms with Crippen molar-refractivity contribution in [3.63, 3.8) is 0 Å². The minimum atomic E-state index is -0.0373. The number of hydrogen-bond acceptors (Lipinski definition) is 4. The fourth-order valence-electron chi connectivity index (χ4n) is 3.58. The second-order valence-corrected chi connectivity index (χ2v) is 6.76. The van der Waals surface area contributed by atoms with Crippen molar-refractivity contribution in [2.75, 3.05) is 52.4 Å². The van der Waals surface area contributed by atoms with Crippen LogP contribution < -0.4 is 5.32 Å². The Morgan fingerprint density at radius 3 is 2.50 bits per heavy atom. The summed E-state index contributed by atoms with van der Waals surface area (Å²) in [7, 11) is 0. The molecule has 0 amide bonds. The van der Waals surface area contributed by atoms with Crippen molar-refractivity contribution >= 4 is 11.9 Å². The summed E-state index contributed by atoms with van der Waals surface area (Å²) in [6.07, 6.45) is 2.97. The number of ether oxygens (including phenoxy) is 1. The number of carbonyl (C=O) groups excluding carboxylic acids is 1. The predicted octanol–water partition coefficient (Wildman–Crippen LogP) is 1.57. The molecule has 0 saturated carbocycles. The first kappa shape index (κ1) is 19.0. The average Bonchev–Trinajstić information content (AvgIpc) is 3.07. The molecule has 0 aromatic rings. The van der Waals surface area contributed by atoms with Gasteiger partial charge >= 0.3 is 5.97 Å². The van der Waals surface area contributed by atoms with E-state index in [0.717, 1.165) is 51.5 Å². The van der Waals surface area contributed by atoms with Crippen molar-refractivity contribution < 1.29 is 9.53 Å². The van der Waals surface area contributed by atoms with Crippen LogP contribution in [0.4, 0.5) is 0 Å². The molecule has 1 unspecified atom stereocenters. The molecule has 2 aliphatic rings. The fourth-order valence-corrected chi connectivity index (χ4v) is 3.58. The zero-order valence-corrected chi connectivity index (χ0v) is 15.6. The molecule has 0 aromatic heterocycles. The summed E-state index contributed by atoms with van der Waals surface area (Å²) in [6.45, 7) is 13.7. The second-order valence-electron chi connectivity index (χ2n) is 6.76. The van der Waals surface area contributed by atoms with E-state index in [4.69, 9.17) is 9.73 Å². The van der Waals surface area contributed by atoms with Gasteiger partial charge < -0.3 is 19.9 Å². The van der Waals surface area contributed by atoms with Gasteiger partial charge in [-0.25, -0.2) is 0 Å². The summed E-state index contributed by atoms with van der Waals surface area (Å²) in [5.74, 6) is 1.70. The lowest BCUT2D eigenvalue weighted by molar-refractivity contribution is -0.149. The van der Waals surface area contributed by atoms with E-state index in [2.05, 4.69) is 29.0 Å². The first-order valence-corrected chi connectivity index (χ1v) is 9.60. The summed E-state index contributed by atoms with van der Waals surface area (Å²) in [4.78, 5) is 21.5. The van der Waals surface area contributed by atoms with E-state index in [9.17, 15) is 4.79 Å². The van der Waals surface area contributed by atoms with Crippen molar-refractivity contribution in [3.05, 3.63) is 0 Å². The van der Waals surface area contributed by atoms with Gasteiger partial charge in [-0.3, -0.25) is 9.79 Å². The Morgan fingerprint density at radius 2 is 1.92 bits per heavy atom. The SMILES string of the molecule is CCNC(=NCC1CCN(CC)C1)N1CCC(C(=O)OCC)CC1. The number of guanidine groups is 1. The molecule has 6 heteroatoms. The Bertz CT molecular complexity index is 419.